The van der Waals surface area contributed by atoms with E-state index in [0.717, 1.165) is 0 Å². The van der Waals surface area contributed by atoms with Gasteiger partial charge in [0.15, 0.2) is 0 Å². The van der Waals surface area contributed by atoms with Crippen LogP contribution < -0.4 is 5.32 Å². The molecule has 0 fully saturated rings. The molecule has 1 aromatic carbocycles. The predicted octanol–water partition coefficient (Wildman–Crippen LogP) is 3.48. The highest BCUT2D eigenvalue weighted by molar-refractivity contribution is 5.46. The number of hydrogen-bond acceptors (Lipinski definition) is 1. The van der Waals surface area contributed by atoms with E-state index in [1.807, 2.05) is 0 Å². The van der Waals surface area contributed by atoms with Crippen molar-refractivity contribution in [2.75, 3.05) is 12.4 Å². The van der Waals surface area contributed by atoms with Crippen LogP contribution in [0.15, 0.2) is 24.3 Å². The van der Waals surface area contributed by atoms with Crippen molar-refractivity contribution in [3.8, 4) is 0 Å². The molecular weight excluding hydrogens is 184 g/mol. The maximum atomic E-state index is 13.6. The van der Waals surface area contributed by atoms with E-state index in [1.54, 1.807) is 19.2 Å². The summed E-state index contributed by atoms with van der Waals surface area (Å²) in [5.41, 5.74) is 0.780. The number of alkyl halides is 2. The zero-order valence-corrected chi connectivity index (χ0v) is 8.64. The first-order chi connectivity index (χ1) is 6.48. The lowest BCUT2D eigenvalue weighted by Gasteiger charge is -2.21. The third-order valence-electron chi connectivity index (χ3n) is 2.26. The van der Waals surface area contributed by atoms with Gasteiger partial charge in [0.25, 0.3) is 5.92 Å². The Morgan fingerprint density at radius 1 is 1.29 bits per heavy atom. The summed E-state index contributed by atoms with van der Waals surface area (Å²) >= 11 is 0. The lowest BCUT2D eigenvalue weighted by Crippen LogP contribution is -2.20. The maximum absolute atomic E-state index is 13.6. The van der Waals surface area contributed by atoms with Gasteiger partial charge in [-0.15, -0.1) is 0 Å². The summed E-state index contributed by atoms with van der Waals surface area (Å²) in [6.07, 6.45) is 0. The molecule has 3 heteroatoms. The molecule has 0 heterocycles. The minimum absolute atomic E-state index is 0.0688. The van der Waals surface area contributed by atoms with Crippen molar-refractivity contribution < 1.29 is 8.78 Å². The van der Waals surface area contributed by atoms with E-state index in [4.69, 9.17) is 0 Å². The van der Waals surface area contributed by atoms with Gasteiger partial charge in [-0.1, -0.05) is 26.0 Å². The average molecular weight is 199 g/mol. The van der Waals surface area contributed by atoms with Crippen molar-refractivity contribution in [3.63, 3.8) is 0 Å². The second kappa shape index (κ2) is 3.95. The highest BCUT2D eigenvalue weighted by atomic mass is 19.3. The van der Waals surface area contributed by atoms with Crippen LogP contribution in [0.1, 0.15) is 19.4 Å². The van der Waals surface area contributed by atoms with Gasteiger partial charge >= 0.3 is 0 Å². The van der Waals surface area contributed by atoms with Gasteiger partial charge in [-0.3, -0.25) is 0 Å². The molecule has 14 heavy (non-hydrogen) atoms. The van der Waals surface area contributed by atoms with E-state index >= 15 is 0 Å². The van der Waals surface area contributed by atoms with Crippen LogP contribution in [0, 0.1) is 5.92 Å². The van der Waals surface area contributed by atoms with Crippen LogP contribution in [-0.4, -0.2) is 7.05 Å². The molecule has 78 valence electrons. The molecule has 0 saturated carbocycles. The molecule has 0 aliphatic rings. The Kier molecular flexibility index (Phi) is 3.09. The molecule has 0 unspecified atom stereocenters. The summed E-state index contributed by atoms with van der Waals surface area (Å²) in [6, 6.07) is 6.35. The second-order valence-electron chi connectivity index (χ2n) is 3.61. The monoisotopic (exact) mass is 199 g/mol. The van der Waals surface area contributed by atoms with Crippen molar-refractivity contribution in [1.82, 2.24) is 0 Å². The van der Waals surface area contributed by atoms with E-state index in [9.17, 15) is 8.78 Å². The Labute approximate surface area is 83.1 Å². The molecule has 0 atom stereocenters. The van der Waals surface area contributed by atoms with Gasteiger partial charge < -0.3 is 5.32 Å². The van der Waals surface area contributed by atoms with E-state index in [2.05, 4.69) is 5.32 Å². The molecule has 1 N–H and O–H groups in total. The maximum Gasteiger partial charge on any atom is 0.275 e. The normalized spacial score (nSPS) is 11.9. The fourth-order valence-electron chi connectivity index (χ4n) is 1.22. The molecule has 0 radical (unpaired) electrons. The summed E-state index contributed by atoms with van der Waals surface area (Å²) in [4.78, 5) is 0. The Balaban J connectivity index is 3.06. The fraction of sp³-hybridized carbons (Fsp3) is 0.455. The molecule has 0 aliphatic heterocycles. The van der Waals surface area contributed by atoms with E-state index in [0.29, 0.717) is 5.69 Å². The highest BCUT2D eigenvalue weighted by Gasteiger charge is 2.35. The van der Waals surface area contributed by atoms with Crippen molar-refractivity contribution in [1.29, 1.82) is 0 Å². The Hall–Kier alpha value is -1.12. The number of benzene rings is 1. The van der Waals surface area contributed by atoms with E-state index in [-0.39, 0.29) is 5.56 Å². The Morgan fingerprint density at radius 2 is 1.93 bits per heavy atom. The molecule has 0 aromatic heterocycles. The molecule has 1 rings (SSSR count). The molecule has 0 spiro atoms. The third kappa shape index (κ3) is 2.03. The van der Waals surface area contributed by atoms with Crippen LogP contribution in [0.2, 0.25) is 0 Å². The number of halogens is 2. The topological polar surface area (TPSA) is 12.0 Å². The molecule has 0 saturated heterocycles. The van der Waals surface area contributed by atoms with E-state index in [1.165, 1.54) is 26.0 Å². The van der Waals surface area contributed by atoms with Gasteiger partial charge in [-0.25, -0.2) is 8.78 Å². The molecule has 1 nitrogen and oxygen atoms in total. The van der Waals surface area contributed by atoms with Gasteiger partial charge in [0.1, 0.15) is 0 Å². The van der Waals surface area contributed by atoms with Crippen LogP contribution in [0.3, 0.4) is 0 Å². The summed E-state index contributed by atoms with van der Waals surface area (Å²) < 4.78 is 27.1. The number of rotatable bonds is 3. The first-order valence-electron chi connectivity index (χ1n) is 4.64. The summed E-state index contributed by atoms with van der Waals surface area (Å²) in [5, 5.41) is 2.85. The summed E-state index contributed by atoms with van der Waals surface area (Å²) in [6.45, 7) is 3.04. The lowest BCUT2D eigenvalue weighted by molar-refractivity contribution is -0.0513. The van der Waals surface area contributed by atoms with Gasteiger partial charge in [0.2, 0.25) is 0 Å². The van der Waals surface area contributed by atoms with Gasteiger partial charge in [0, 0.05) is 24.2 Å². The van der Waals surface area contributed by atoms with Crippen LogP contribution in [0.5, 0.6) is 0 Å². The lowest BCUT2D eigenvalue weighted by atomic mass is 9.97. The smallest absolute Gasteiger partial charge is 0.275 e. The standard InChI is InChI=1S/C11H15F2N/c1-8(2)11(12,13)9-5-4-6-10(7-9)14-3/h4-8,14H,1-3H3. The zero-order valence-electron chi connectivity index (χ0n) is 8.64. The second-order valence-corrected chi connectivity index (χ2v) is 3.61. The highest BCUT2D eigenvalue weighted by Crippen LogP contribution is 2.36. The van der Waals surface area contributed by atoms with Crippen LogP contribution >= 0.6 is 0 Å². The van der Waals surface area contributed by atoms with Crippen molar-refractivity contribution >= 4 is 5.69 Å². The molecule has 1 aromatic rings. The van der Waals surface area contributed by atoms with Crippen molar-refractivity contribution in [3.05, 3.63) is 29.8 Å². The Bertz CT molecular complexity index is 308. The summed E-state index contributed by atoms with van der Waals surface area (Å²) in [5.74, 6) is -3.44. The zero-order chi connectivity index (χ0) is 10.8. The van der Waals surface area contributed by atoms with Gasteiger partial charge in [0.05, 0.1) is 0 Å². The number of nitrogens with one attached hydrogen (secondary N) is 1. The first kappa shape index (κ1) is 11.0. The van der Waals surface area contributed by atoms with E-state index < -0.39 is 11.8 Å². The average Bonchev–Trinajstić information content (AvgIpc) is 2.17. The minimum Gasteiger partial charge on any atom is -0.388 e. The number of anilines is 1. The van der Waals surface area contributed by atoms with Crippen LogP contribution in [0.25, 0.3) is 0 Å². The SMILES string of the molecule is CNc1cccc(C(F)(F)C(C)C)c1. The fourth-order valence-corrected chi connectivity index (χ4v) is 1.22. The van der Waals surface area contributed by atoms with Crippen LogP contribution in [0.4, 0.5) is 14.5 Å². The largest absolute Gasteiger partial charge is 0.388 e. The molecule has 0 aliphatic carbocycles. The third-order valence-corrected chi connectivity index (χ3v) is 2.26. The van der Waals surface area contributed by atoms with Gasteiger partial charge in [-0.05, 0) is 12.1 Å². The molecule has 0 amide bonds. The molecule has 0 bridgehead atoms. The minimum atomic E-state index is -2.76. The van der Waals surface area contributed by atoms with Crippen molar-refractivity contribution in [2.45, 2.75) is 19.8 Å². The molecular formula is C11H15F2N. The predicted molar refractivity (Wildman–Crippen MR) is 54.7 cm³/mol. The van der Waals surface area contributed by atoms with Crippen molar-refractivity contribution in [2.24, 2.45) is 5.92 Å². The van der Waals surface area contributed by atoms with Gasteiger partial charge in [-0.2, -0.15) is 0 Å². The Morgan fingerprint density at radius 3 is 2.43 bits per heavy atom. The summed E-state index contributed by atoms with van der Waals surface area (Å²) in [7, 11) is 1.71. The van der Waals surface area contributed by atoms with Crippen LogP contribution in [-0.2, 0) is 5.92 Å². The quantitative estimate of drug-likeness (QED) is 0.785. The first-order valence-corrected chi connectivity index (χ1v) is 4.64. The number of hydrogen-bond donors (Lipinski definition) is 1.